The van der Waals surface area contributed by atoms with E-state index in [0.717, 1.165) is 0 Å². The van der Waals surface area contributed by atoms with Crippen LogP contribution in [0.3, 0.4) is 0 Å². The molecule has 0 atom stereocenters. The van der Waals surface area contributed by atoms with Gasteiger partial charge in [-0.2, -0.15) is 0 Å². The van der Waals surface area contributed by atoms with E-state index in [2.05, 4.69) is 211 Å². The molecule has 0 amide bonds. The maximum atomic E-state index is 2.53. The van der Waals surface area contributed by atoms with E-state index in [9.17, 15) is 0 Å². The van der Waals surface area contributed by atoms with Gasteiger partial charge in [-0.1, -0.05) is 170 Å². The third kappa shape index (κ3) is 5.20. The first-order chi connectivity index (χ1) is 25.4. The zero-order valence-electron chi connectivity index (χ0n) is 32.0. The lowest BCUT2D eigenvalue weighted by Gasteiger charge is -2.34. The highest BCUT2D eigenvalue weighted by Crippen LogP contribution is 2.54. The van der Waals surface area contributed by atoms with Gasteiger partial charge in [0, 0.05) is 27.9 Å². The molecule has 260 valence electrons. The molecule has 0 aromatic heterocycles. The summed E-state index contributed by atoms with van der Waals surface area (Å²) < 4.78 is 0. The number of rotatable bonds is 5. The van der Waals surface area contributed by atoms with Gasteiger partial charge in [0.1, 0.15) is 0 Å². The van der Waals surface area contributed by atoms with Crippen molar-refractivity contribution in [1.29, 1.82) is 0 Å². The van der Waals surface area contributed by atoms with Crippen molar-refractivity contribution in [1.82, 2.24) is 0 Å². The molecule has 0 radical (unpaired) electrons. The first-order valence-corrected chi connectivity index (χ1v) is 19.0. The van der Waals surface area contributed by atoms with Crippen molar-refractivity contribution in [3.8, 4) is 44.5 Å². The van der Waals surface area contributed by atoms with Crippen molar-refractivity contribution in [3.63, 3.8) is 0 Å². The molecular formula is C52H47N. The van der Waals surface area contributed by atoms with E-state index in [1.54, 1.807) is 0 Å². The Kier molecular flexibility index (Phi) is 7.48. The summed E-state index contributed by atoms with van der Waals surface area (Å²) in [6.07, 6.45) is 0. The van der Waals surface area contributed by atoms with Gasteiger partial charge in [0.05, 0.1) is 0 Å². The standard InChI is InChI=1S/C52H47N/c1-50(2,3)48-31-35(39-20-12-11-19-38(39)34-17-9-8-10-18-34)25-30-49(48)53(36-26-28-42-40-21-13-15-23-44(40)51(4,5)46(42)32-36)37-27-29-43-41-22-14-16-24-45(41)52(6,7)47(43)33-37/h8-33H,1-7H3. The minimum absolute atomic E-state index is 0.104. The van der Waals surface area contributed by atoms with Crippen molar-refractivity contribution in [2.45, 2.75) is 64.7 Å². The molecule has 0 spiro atoms. The summed E-state index contributed by atoms with van der Waals surface area (Å²) in [6, 6.07) is 58.9. The number of hydrogen-bond acceptors (Lipinski definition) is 1. The predicted octanol–water partition coefficient (Wildman–Crippen LogP) is 14.4. The molecule has 1 nitrogen and oxygen atoms in total. The van der Waals surface area contributed by atoms with E-state index in [4.69, 9.17) is 0 Å². The topological polar surface area (TPSA) is 3.24 Å². The van der Waals surface area contributed by atoms with Gasteiger partial charge in [-0.05, 0) is 114 Å². The molecule has 0 aliphatic heterocycles. The quantitative estimate of drug-likeness (QED) is 0.174. The van der Waals surface area contributed by atoms with E-state index >= 15 is 0 Å². The van der Waals surface area contributed by atoms with Crippen LogP contribution in [0, 0.1) is 0 Å². The first-order valence-electron chi connectivity index (χ1n) is 19.0. The van der Waals surface area contributed by atoms with Gasteiger partial charge in [0.25, 0.3) is 0 Å². The van der Waals surface area contributed by atoms with Crippen LogP contribution in [-0.2, 0) is 16.2 Å². The van der Waals surface area contributed by atoms with Gasteiger partial charge in [0.15, 0.2) is 0 Å². The van der Waals surface area contributed by atoms with Crippen LogP contribution in [-0.4, -0.2) is 0 Å². The van der Waals surface area contributed by atoms with Crippen LogP contribution in [0.1, 0.15) is 76.3 Å². The molecule has 2 aliphatic rings. The Labute approximate surface area is 315 Å². The third-order valence-corrected chi connectivity index (χ3v) is 12.0. The average Bonchev–Trinajstić information content (AvgIpc) is 3.54. The first kappa shape index (κ1) is 33.2. The van der Waals surface area contributed by atoms with Crippen molar-refractivity contribution >= 4 is 17.1 Å². The number of anilines is 3. The van der Waals surface area contributed by atoms with Gasteiger partial charge in [-0.15, -0.1) is 0 Å². The molecule has 0 heterocycles. The minimum Gasteiger partial charge on any atom is -0.310 e. The van der Waals surface area contributed by atoms with Crippen LogP contribution in [0.5, 0.6) is 0 Å². The van der Waals surface area contributed by atoms with E-state index in [1.165, 1.54) is 89.4 Å². The second kappa shape index (κ2) is 11.9. The number of fused-ring (bicyclic) bond motifs is 6. The number of nitrogens with zero attached hydrogens (tertiary/aromatic N) is 1. The zero-order valence-corrected chi connectivity index (χ0v) is 32.0. The molecule has 53 heavy (non-hydrogen) atoms. The second-order valence-corrected chi connectivity index (χ2v) is 17.0. The molecule has 9 rings (SSSR count). The minimum atomic E-state index is -0.135. The molecule has 0 N–H and O–H groups in total. The van der Waals surface area contributed by atoms with E-state index in [-0.39, 0.29) is 16.2 Å². The van der Waals surface area contributed by atoms with Crippen LogP contribution in [0.4, 0.5) is 17.1 Å². The maximum absolute atomic E-state index is 2.53. The van der Waals surface area contributed by atoms with Gasteiger partial charge < -0.3 is 4.90 Å². The van der Waals surface area contributed by atoms with Crippen LogP contribution < -0.4 is 4.90 Å². The van der Waals surface area contributed by atoms with Crippen molar-refractivity contribution < 1.29 is 0 Å². The molecule has 7 aromatic rings. The summed E-state index contributed by atoms with van der Waals surface area (Å²) in [7, 11) is 0. The zero-order chi connectivity index (χ0) is 36.7. The Morgan fingerprint density at radius 1 is 0.377 bits per heavy atom. The molecule has 0 bridgehead atoms. The molecule has 0 saturated carbocycles. The van der Waals surface area contributed by atoms with Gasteiger partial charge in [0.2, 0.25) is 0 Å². The average molecular weight is 686 g/mol. The summed E-state index contributed by atoms with van der Waals surface area (Å²) in [4.78, 5) is 2.53. The smallest absolute Gasteiger partial charge is 0.0499 e. The summed E-state index contributed by atoms with van der Waals surface area (Å²) >= 11 is 0. The van der Waals surface area contributed by atoms with Crippen molar-refractivity contribution in [2.24, 2.45) is 0 Å². The molecule has 0 unspecified atom stereocenters. The lowest BCUT2D eigenvalue weighted by molar-refractivity contribution is 0.591. The normalized spacial score (nSPS) is 14.6. The van der Waals surface area contributed by atoms with E-state index < -0.39 is 0 Å². The molecule has 1 heteroatoms. The Bertz CT molecular complexity index is 2440. The molecule has 0 fully saturated rings. The Balaban J connectivity index is 1.27. The Hall–Kier alpha value is -5.66. The highest BCUT2D eigenvalue weighted by atomic mass is 15.1. The fraction of sp³-hybridized carbons (Fsp3) is 0.192. The largest absolute Gasteiger partial charge is 0.310 e. The number of hydrogen-bond donors (Lipinski definition) is 0. The predicted molar refractivity (Wildman–Crippen MR) is 226 cm³/mol. The highest BCUT2D eigenvalue weighted by molar-refractivity contribution is 5.91. The fourth-order valence-corrected chi connectivity index (χ4v) is 9.19. The summed E-state index contributed by atoms with van der Waals surface area (Å²) in [6.45, 7) is 16.5. The van der Waals surface area contributed by atoms with Gasteiger partial charge in [-0.3, -0.25) is 0 Å². The number of benzene rings is 7. The Morgan fingerprint density at radius 3 is 1.32 bits per heavy atom. The maximum Gasteiger partial charge on any atom is 0.0499 e. The molecule has 2 aliphatic carbocycles. The van der Waals surface area contributed by atoms with Gasteiger partial charge in [-0.25, -0.2) is 0 Å². The van der Waals surface area contributed by atoms with Crippen LogP contribution >= 0.6 is 0 Å². The van der Waals surface area contributed by atoms with Crippen LogP contribution in [0.25, 0.3) is 44.5 Å². The summed E-state index contributed by atoms with van der Waals surface area (Å²) in [5, 5.41) is 0. The van der Waals surface area contributed by atoms with E-state index in [0.29, 0.717) is 0 Å². The summed E-state index contributed by atoms with van der Waals surface area (Å²) in [5.74, 6) is 0. The lowest BCUT2D eigenvalue weighted by Crippen LogP contribution is -2.21. The van der Waals surface area contributed by atoms with Gasteiger partial charge >= 0.3 is 0 Å². The Morgan fingerprint density at radius 2 is 0.811 bits per heavy atom. The lowest BCUT2D eigenvalue weighted by atomic mass is 9.81. The molecule has 0 saturated heterocycles. The van der Waals surface area contributed by atoms with Crippen LogP contribution in [0.15, 0.2) is 158 Å². The second-order valence-electron chi connectivity index (χ2n) is 17.0. The molecular weight excluding hydrogens is 639 g/mol. The fourth-order valence-electron chi connectivity index (χ4n) is 9.19. The van der Waals surface area contributed by atoms with Crippen molar-refractivity contribution in [3.05, 3.63) is 186 Å². The highest BCUT2D eigenvalue weighted by Gasteiger charge is 2.38. The molecule has 7 aromatic carbocycles. The van der Waals surface area contributed by atoms with E-state index in [1.807, 2.05) is 0 Å². The summed E-state index contributed by atoms with van der Waals surface area (Å²) in [5.41, 5.74) is 20.4. The SMILES string of the molecule is CC(C)(C)c1cc(-c2ccccc2-c2ccccc2)ccc1N(c1ccc2c(c1)C(C)(C)c1ccccc1-2)c1ccc2c(c1)C(C)(C)c1ccccc1-2. The monoisotopic (exact) mass is 685 g/mol. The van der Waals surface area contributed by atoms with Crippen molar-refractivity contribution in [2.75, 3.05) is 4.90 Å². The third-order valence-electron chi connectivity index (χ3n) is 12.0. The van der Waals surface area contributed by atoms with Crippen LogP contribution in [0.2, 0.25) is 0 Å².